The zero-order valence-electron chi connectivity index (χ0n) is 9.29. The van der Waals surface area contributed by atoms with Crippen LogP contribution in [0, 0.1) is 0 Å². The van der Waals surface area contributed by atoms with Crippen molar-refractivity contribution in [1.29, 1.82) is 0 Å². The van der Waals surface area contributed by atoms with Gasteiger partial charge in [0.25, 0.3) is 0 Å². The molecule has 0 heterocycles. The van der Waals surface area contributed by atoms with Gasteiger partial charge in [-0.05, 0) is 38.1 Å². The molecule has 0 saturated carbocycles. The average molecular weight is 243 g/mol. The summed E-state index contributed by atoms with van der Waals surface area (Å²) in [6.07, 6.45) is -0.527. The molecule has 0 spiro atoms. The second-order valence-corrected chi connectivity index (χ2v) is 4.63. The number of nitrogens with one attached hydrogen (secondary N) is 1. The van der Waals surface area contributed by atoms with Crippen LogP contribution in [0.5, 0.6) is 0 Å². The summed E-state index contributed by atoms with van der Waals surface area (Å²) in [6.45, 7) is 3.72. The number of ether oxygens (including phenoxy) is 1. The summed E-state index contributed by atoms with van der Waals surface area (Å²) in [5, 5.41) is 3.18. The maximum absolute atomic E-state index is 11.3. The highest BCUT2D eigenvalue weighted by atomic mass is 35.5. The molecule has 0 atom stereocenters. The van der Waals surface area contributed by atoms with Crippen molar-refractivity contribution in [2.75, 3.05) is 11.9 Å². The highest BCUT2D eigenvalue weighted by Crippen LogP contribution is 2.13. The molecule has 0 aromatic heterocycles. The van der Waals surface area contributed by atoms with Gasteiger partial charge in [0.15, 0.2) is 0 Å². The molecule has 16 heavy (non-hydrogen) atoms. The largest absolute Gasteiger partial charge is 0.447 e. The Bertz CT molecular complexity index is 357. The molecule has 1 aromatic carbocycles. The van der Waals surface area contributed by atoms with Crippen molar-refractivity contribution in [2.45, 2.75) is 19.4 Å². The van der Waals surface area contributed by atoms with Crippen molar-refractivity contribution in [2.24, 2.45) is 5.73 Å². The first-order valence-corrected chi connectivity index (χ1v) is 5.23. The van der Waals surface area contributed by atoms with Crippen molar-refractivity contribution in [3.8, 4) is 0 Å². The van der Waals surface area contributed by atoms with Crippen LogP contribution in [-0.4, -0.2) is 18.2 Å². The van der Waals surface area contributed by atoms with Crippen LogP contribution in [0.1, 0.15) is 13.8 Å². The standard InChI is InChI=1S/C11H15ClN2O2/c1-11(2,13)7-16-10(15)14-9-5-3-8(12)4-6-9/h3-6H,7,13H2,1-2H3,(H,14,15). The molecule has 0 saturated heterocycles. The van der Waals surface area contributed by atoms with Gasteiger partial charge < -0.3 is 10.5 Å². The molecule has 5 heteroatoms. The number of carbonyl (C=O) groups is 1. The number of rotatable bonds is 3. The van der Waals surface area contributed by atoms with Crippen molar-refractivity contribution in [3.05, 3.63) is 29.3 Å². The predicted octanol–water partition coefficient (Wildman–Crippen LogP) is 2.63. The molecule has 88 valence electrons. The van der Waals surface area contributed by atoms with Crippen LogP contribution >= 0.6 is 11.6 Å². The third kappa shape index (κ3) is 5.00. The predicted molar refractivity (Wildman–Crippen MR) is 64.7 cm³/mol. The Kier molecular flexibility index (Phi) is 4.15. The normalized spacial score (nSPS) is 11.0. The van der Waals surface area contributed by atoms with Gasteiger partial charge >= 0.3 is 6.09 Å². The van der Waals surface area contributed by atoms with Gasteiger partial charge in [0.05, 0.1) is 0 Å². The molecule has 0 aliphatic heterocycles. The third-order valence-corrected chi connectivity index (χ3v) is 1.92. The van der Waals surface area contributed by atoms with Crippen molar-refractivity contribution in [3.63, 3.8) is 0 Å². The van der Waals surface area contributed by atoms with E-state index in [2.05, 4.69) is 5.32 Å². The van der Waals surface area contributed by atoms with Crippen LogP contribution in [0.4, 0.5) is 10.5 Å². The number of halogens is 1. The molecule has 1 aromatic rings. The zero-order valence-corrected chi connectivity index (χ0v) is 10.0. The quantitative estimate of drug-likeness (QED) is 0.856. The van der Waals surface area contributed by atoms with E-state index in [4.69, 9.17) is 22.1 Å². The lowest BCUT2D eigenvalue weighted by molar-refractivity contribution is 0.138. The monoisotopic (exact) mass is 242 g/mol. The van der Waals surface area contributed by atoms with E-state index in [1.165, 1.54) is 0 Å². The van der Waals surface area contributed by atoms with Gasteiger partial charge in [-0.2, -0.15) is 0 Å². The number of amides is 1. The molecule has 1 amide bonds. The minimum Gasteiger partial charge on any atom is -0.447 e. The Morgan fingerprint density at radius 2 is 2.00 bits per heavy atom. The molecule has 0 radical (unpaired) electrons. The number of nitrogens with two attached hydrogens (primary N) is 1. The van der Waals surface area contributed by atoms with E-state index in [1.54, 1.807) is 38.1 Å². The van der Waals surface area contributed by atoms with E-state index in [0.29, 0.717) is 10.7 Å². The molecule has 0 aliphatic rings. The summed E-state index contributed by atoms with van der Waals surface area (Å²) < 4.78 is 4.93. The zero-order chi connectivity index (χ0) is 12.2. The third-order valence-electron chi connectivity index (χ3n) is 1.67. The van der Waals surface area contributed by atoms with Crippen LogP contribution < -0.4 is 11.1 Å². The number of anilines is 1. The first-order chi connectivity index (χ1) is 7.37. The Morgan fingerprint density at radius 1 is 1.44 bits per heavy atom. The van der Waals surface area contributed by atoms with Gasteiger partial charge in [-0.15, -0.1) is 0 Å². The summed E-state index contributed by atoms with van der Waals surface area (Å²) in [4.78, 5) is 11.3. The summed E-state index contributed by atoms with van der Waals surface area (Å²) in [5.41, 5.74) is 5.77. The minimum absolute atomic E-state index is 0.159. The van der Waals surface area contributed by atoms with E-state index in [0.717, 1.165) is 0 Å². The van der Waals surface area contributed by atoms with E-state index in [9.17, 15) is 4.79 Å². The summed E-state index contributed by atoms with van der Waals surface area (Å²) in [7, 11) is 0. The maximum atomic E-state index is 11.3. The lowest BCUT2D eigenvalue weighted by atomic mass is 10.1. The molecule has 4 nitrogen and oxygen atoms in total. The van der Waals surface area contributed by atoms with E-state index in [-0.39, 0.29) is 6.61 Å². The van der Waals surface area contributed by atoms with E-state index in [1.807, 2.05) is 0 Å². The second-order valence-electron chi connectivity index (χ2n) is 4.20. The minimum atomic E-state index is -0.530. The van der Waals surface area contributed by atoms with Gasteiger partial charge in [-0.3, -0.25) is 5.32 Å². The van der Waals surface area contributed by atoms with E-state index < -0.39 is 11.6 Å². The van der Waals surface area contributed by atoms with Gasteiger partial charge in [-0.25, -0.2) is 4.79 Å². The molecule has 0 bridgehead atoms. The molecule has 3 N–H and O–H groups in total. The number of hydrogen-bond acceptors (Lipinski definition) is 3. The van der Waals surface area contributed by atoms with Crippen LogP contribution in [0.25, 0.3) is 0 Å². The van der Waals surface area contributed by atoms with E-state index >= 15 is 0 Å². The van der Waals surface area contributed by atoms with Crippen LogP contribution in [-0.2, 0) is 4.74 Å². The maximum Gasteiger partial charge on any atom is 0.411 e. The van der Waals surface area contributed by atoms with Crippen molar-refractivity contribution >= 4 is 23.4 Å². The first kappa shape index (κ1) is 12.8. The van der Waals surface area contributed by atoms with Crippen molar-refractivity contribution < 1.29 is 9.53 Å². The van der Waals surface area contributed by atoms with Crippen molar-refractivity contribution in [1.82, 2.24) is 0 Å². The van der Waals surface area contributed by atoms with Crippen LogP contribution in [0.3, 0.4) is 0 Å². The highest BCUT2D eigenvalue weighted by Gasteiger charge is 2.13. The summed E-state index contributed by atoms with van der Waals surface area (Å²) in [5.74, 6) is 0. The summed E-state index contributed by atoms with van der Waals surface area (Å²) >= 11 is 5.71. The Morgan fingerprint density at radius 3 is 2.50 bits per heavy atom. The smallest absolute Gasteiger partial charge is 0.411 e. The first-order valence-electron chi connectivity index (χ1n) is 4.85. The Hall–Kier alpha value is -1.26. The van der Waals surface area contributed by atoms with Gasteiger partial charge in [-0.1, -0.05) is 11.6 Å². The molecular weight excluding hydrogens is 228 g/mol. The lowest BCUT2D eigenvalue weighted by Crippen LogP contribution is -2.38. The molecule has 0 unspecified atom stereocenters. The van der Waals surface area contributed by atoms with Gasteiger partial charge in [0.2, 0.25) is 0 Å². The molecule has 0 fully saturated rings. The highest BCUT2D eigenvalue weighted by molar-refractivity contribution is 6.30. The van der Waals surface area contributed by atoms with Crippen LogP contribution in [0.15, 0.2) is 24.3 Å². The fourth-order valence-electron chi connectivity index (χ4n) is 0.939. The lowest BCUT2D eigenvalue weighted by Gasteiger charge is -2.18. The molecule has 1 rings (SSSR count). The van der Waals surface area contributed by atoms with Crippen LogP contribution in [0.2, 0.25) is 5.02 Å². The average Bonchev–Trinajstić information content (AvgIpc) is 2.18. The fraction of sp³-hybridized carbons (Fsp3) is 0.364. The second kappa shape index (κ2) is 5.18. The number of benzene rings is 1. The van der Waals surface area contributed by atoms with Gasteiger partial charge in [0.1, 0.15) is 6.61 Å². The summed E-state index contributed by atoms with van der Waals surface area (Å²) in [6, 6.07) is 6.75. The Balaban J connectivity index is 2.43. The van der Waals surface area contributed by atoms with Gasteiger partial charge in [0, 0.05) is 16.2 Å². The molecule has 0 aliphatic carbocycles. The topological polar surface area (TPSA) is 64.3 Å². The molecular formula is C11H15ClN2O2. The Labute approximate surface area is 99.7 Å². The number of carbonyl (C=O) groups excluding carboxylic acids is 1. The fourth-order valence-corrected chi connectivity index (χ4v) is 1.06. The number of hydrogen-bond donors (Lipinski definition) is 2. The SMILES string of the molecule is CC(C)(N)COC(=O)Nc1ccc(Cl)cc1.